The molecule has 8 heteroatoms. The number of nitrogens with zero attached hydrogens (tertiary/aromatic N) is 2. The average molecular weight is 394 g/mol. The summed E-state index contributed by atoms with van der Waals surface area (Å²) >= 11 is 0. The van der Waals surface area contributed by atoms with Crippen LogP contribution in [0, 0.1) is 0 Å². The number of hydrogen-bond acceptors (Lipinski definition) is 6. The lowest BCUT2D eigenvalue weighted by atomic mass is 10.1. The molecule has 0 aliphatic heterocycles. The van der Waals surface area contributed by atoms with E-state index in [9.17, 15) is 14.4 Å². The molecule has 3 rings (SSSR count). The molecule has 0 aliphatic rings. The summed E-state index contributed by atoms with van der Waals surface area (Å²) in [4.78, 5) is 37.1. The molecule has 3 N–H and O–H groups in total. The van der Waals surface area contributed by atoms with Gasteiger partial charge in [0.2, 0.25) is 0 Å². The van der Waals surface area contributed by atoms with E-state index in [-0.39, 0.29) is 11.4 Å². The Bertz CT molecular complexity index is 1150. The summed E-state index contributed by atoms with van der Waals surface area (Å²) in [5.41, 5.74) is 5.03. The third kappa shape index (κ3) is 4.06. The largest absolute Gasteiger partial charge is 0.457 e. The summed E-state index contributed by atoms with van der Waals surface area (Å²) in [5.74, 6) is 0.723. The molecule has 0 bridgehead atoms. The SMILES string of the molecule is C[C@H](Nc1ccc(Oc2ccccc2)cc1)C(=O)c1c(N)n(C)c(=O)n(C)c1=O. The molecule has 0 amide bonds. The van der Waals surface area contributed by atoms with Crippen molar-refractivity contribution in [1.29, 1.82) is 0 Å². The molecule has 0 aliphatic carbocycles. The third-order valence-corrected chi connectivity index (χ3v) is 4.57. The number of hydrogen-bond donors (Lipinski definition) is 2. The van der Waals surface area contributed by atoms with Crippen molar-refractivity contribution in [1.82, 2.24) is 9.13 Å². The van der Waals surface area contributed by atoms with Gasteiger partial charge in [-0.25, -0.2) is 4.79 Å². The Morgan fingerprint density at radius 3 is 2.17 bits per heavy atom. The number of anilines is 2. The number of ketones is 1. The highest BCUT2D eigenvalue weighted by Gasteiger charge is 2.24. The zero-order valence-corrected chi connectivity index (χ0v) is 16.4. The van der Waals surface area contributed by atoms with Crippen molar-refractivity contribution in [3.05, 3.63) is 81.0 Å². The highest BCUT2D eigenvalue weighted by atomic mass is 16.5. The first-order valence-corrected chi connectivity index (χ1v) is 8.98. The van der Waals surface area contributed by atoms with Crippen molar-refractivity contribution >= 4 is 17.3 Å². The van der Waals surface area contributed by atoms with Crippen molar-refractivity contribution < 1.29 is 9.53 Å². The Hall–Kier alpha value is -3.81. The van der Waals surface area contributed by atoms with Crippen molar-refractivity contribution in [3.63, 3.8) is 0 Å². The van der Waals surface area contributed by atoms with Gasteiger partial charge in [-0.1, -0.05) is 18.2 Å². The molecule has 0 unspecified atom stereocenters. The zero-order valence-electron chi connectivity index (χ0n) is 16.4. The summed E-state index contributed by atoms with van der Waals surface area (Å²) in [6, 6.07) is 15.7. The van der Waals surface area contributed by atoms with Gasteiger partial charge in [-0.05, 0) is 43.3 Å². The highest BCUT2D eigenvalue weighted by molar-refractivity contribution is 6.04. The Balaban J connectivity index is 1.77. The van der Waals surface area contributed by atoms with Crippen LogP contribution >= 0.6 is 0 Å². The van der Waals surface area contributed by atoms with Gasteiger partial charge in [0.1, 0.15) is 22.9 Å². The summed E-state index contributed by atoms with van der Waals surface area (Å²) in [6.07, 6.45) is 0. The zero-order chi connectivity index (χ0) is 21.1. The van der Waals surface area contributed by atoms with Crippen LogP contribution in [-0.2, 0) is 14.1 Å². The van der Waals surface area contributed by atoms with Crippen LogP contribution < -0.4 is 27.0 Å². The molecule has 0 saturated carbocycles. The lowest BCUT2D eigenvalue weighted by Gasteiger charge is -2.17. The summed E-state index contributed by atoms with van der Waals surface area (Å²) < 4.78 is 7.68. The fourth-order valence-electron chi connectivity index (χ4n) is 2.87. The second-order valence-corrected chi connectivity index (χ2v) is 6.64. The summed E-state index contributed by atoms with van der Waals surface area (Å²) in [6.45, 7) is 1.63. The van der Waals surface area contributed by atoms with E-state index < -0.39 is 23.1 Å². The number of carbonyl (C=O) groups excluding carboxylic acids is 1. The molecule has 8 nitrogen and oxygen atoms in total. The quantitative estimate of drug-likeness (QED) is 0.620. The molecule has 0 radical (unpaired) electrons. The number of aromatic nitrogens is 2. The van der Waals surface area contributed by atoms with Gasteiger partial charge in [-0.3, -0.25) is 18.7 Å². The van der Waals surface area contributed by atoms with Crippen LogP contribution in [0.15, 0.2) is 64.2 Å². The molecule has 2 aromatic carbocycles. The summed E-state index contributed by atoms with van der Waals surface area (Å²) in [5, 5.41) is 3.04. The Labute approximate surface area is 167 Å². The Morgan fingerprint density at radius 1 is 0.966 bits per heavy atom. The maximum absolute atomic E-state index is 12.8. The van der Waals surface area contributed by atoms with Gasteiger partial charge < -0.3 is 15.8 Å². The smallest absolute Gasteiger partial charge is 0.332 e. The number of nitrogens with one attached hydrogen (secondary N) is 1. The van der Waals surface area contributed by atoms with Crippen molar-refractivity contribution in [3.8, 4) is 11.5 Å². The van der Waals surface area contributed by atoms with Crippen LogP contribution in [-0.4, -0.2) is 21.0 Å². The molecule has 0 saturated heterocycles. The maximum atomic E-state index is 12.8. The standard InChI is InChI=1S/C21H22N4O4/c1-13(18(26)17-19(22)24(2)21(28)25(3)20(17)27)23-14-9-11-16(12-10-14)29-15-7-5-4-6-8-15/h4-13,23H,22H2,1-3H3/t13-/m0/s1. The van der Waals surface area contributed by atoms with Crippen LogP contribution in [0.2, 0.25) is 0 Å². The molecule has 1 aromatic heterocycles. The van der Waals surface area contributed by atoms with Crippen LogP contribution in [0.3, 0.4) is 0 Å². The minimum absolute atomic E-state index is 0.150. The number of nitrogens with two attached hydrogens (primary N) is 1. The molecular formula is C21H22N4O4. The molecular weight excluding hydrogens is 372 g/mol. The van der Waals surface area contributed by atoms with Crippen molar-refractivity contribution in [2.24, 2.45) is 14.1 Å². The van der Waals surface area contributed by atoms with E-state index >= 15 is 0 Å². The van der Waals surface area contributed by atoms with Gasteiger partial charge in [0.25, 0.3) is 5.56 Å². The van der Waals surface area contributed by atoms with E-state index in [4.69, 9.17) is 10.5 Å². The van der Waals surface area contributed by atoms with Crippen molar-refractivity contribution in [2.45, 2.75) is 13.0 Å². The number of para-hydroxylation sites is 1. The van der Waals surface area contributed by atoms with Gasteiger partial charge in [-0.2, -0.15) is 0 Å². The highest BCUT2D eigenvalue weighted by Crippen LogP contribution is 2.23. The normalized spacial score (nSPS) is 11.7. The number of carbonyl (C=O) groups is 1. The van der Waals surface area contributed by atoms with Crippen LogP contribution in [0.25, 0.3) is 0 Å². The van der Waals surface area contributed by atoms with E-state index in [1.165, 1.54) is 14.1 Å². The molecule has 0 spiro atoms. The number of nitrogen functional groups attached to an aromatic ring is 1. The fraction of sp³-hybridized carbons (Fsp3) is 0.190. The number of rotatable bonds is 6. The maximum Gasteiger partial charge on any atom is 0.332 e. The Kier molecular flexibility index (Phi) is 5.54. The first kappa shape index (κ1) is 19.9. The van der Waals surface area contributed by atoms with Crippen molar-refractivity contribution in [2.75, 3.05) is 11.1 Å². The van der Waals surface area contributed by atoms with E-state index in [0.29, 0.717) is 11.4 Å². The average Bonchev–Trinajstić information content (AvgIpc) is 2.73. The first-order valence-electron chi connectivity index (χ1n) is 8.98. The van der Waals surface area contributed by atoms with E-state index in [0.717, 1.165) is 14.9 Å². The van der Waals surface area contributed by atoms with Crippen LogP contribution in [0.1, 0.15) is 17.3 Å². The third-order valence-electron chi connectivity index (χ3n) is 4.57. The first-order chi connectivity index (χ1) is 13.8. The summed E-state index contributed by atoms with van der Waals surface area (Å²) in [7, 11) is 2.72. The van der Waals surface area contributed by atoms with Gasteiger partial charge in [0.15, 0.2) is 5.78 Å². The molecule has 1 heterocycles. The molecule has 29 heavy (non-hydrogen) atoms. The predicted octanol–water partition coefficient (Wildman–Crippen LogP) is 2.14. The minimum atomic E-state index is -0.733. The van der Waals surface area contributed by atoms with E-state index in [2.05, 4.69) is 5.32 Å². The lowest BCUT2D eigenvalue weighted by molar-refractivity contribution is 0.0973. The topological polar surface area (TPSA) is 108 Å². The van der Waals surface area contributed by atoms with Crippen LogP contribution in [0.5, 0.6) is 11.5 Å². The van der Waals surface area contributed by atoms with E-state index in [1.54, 1.807) is 31.2 Å². The number of Topliss-reactive ketones (excluding diaryl/α,β-unsaturated/α-hetero) is 1. The van der Waals surface area contributed by atoms with Gasteiger partial charge in [0.05, 0.1) is 6.04 Å². The van der Waals surface area contributed by atoms with Crippen LogP contribution in [0.4, 0.5) is 11.5 Å². The monoisotopic (exact) mass is 394 g/mol. The molecule has 3 aromatic rings. The molecule has 1 atom stereocenters. The second-order valence-electron chi connectivity index (χ2n) is 6.64. The van der Waals surface area contributed by atoms with E-state index in [1.807, 2.05) is 30.3 Å². The second kappa shape index (κ2) is 8.05. The number of ether oxygens (including phenoxy) is 1. The van der Waals surface area contributed by atoms with Gasteiger partial charge >= 0.3 is 5.69 Å². The predicted molar refractivity (Wildman–Crippen MR) is 112 cm³/mol. The van der Waals surface area contributed by atoms with Gasteiger partial charge in [0, 0.05) is 19.8 Å². The Morgan fingerprint density at radius 2 is 1.55 bits per heavy atom. The molecule has 0 fully saturated rings. The number of benzene rings is 2. The minimum Gasteiger partial charge on any atom is -0.457 e. The lowest BCUT2D eigenvalue weighted by Crippen LogP contribution is -2.43. The fourth-order valence-corrected chi connectivity index (χ4v) is 2.87. The van der Waals surface area contributed by atoms with Gasteiger partial charge in [-0.15, -0.1) is 0 Å². The molecule has 150 valence electrons.